The third kappa shape index (κ3) is 3.26. The fourth-order valence-electron chi connectivity index (χ4n) is 3.40. The summed E-state index contributed by atoms with van der Waals surface area (Å²) >= 11 is 1.47. The highest BCUT2D eigenvalue weighted by Crippen LogP contribution is 2.36. The summed E-state index contributed by atoms with van der Waals surface area (Å²) in [4.78, 5) is 21.4. The minimum absolute atomic E-state index is 0.0163. The van der Waals surface area contributed by atoms with Gasteiger partial charge in [0.05, 0.1) is 5.69 Å². The molecule has 0 radical (unpaired) electrons. The number of nitrogens with zero attached hydrogens (tertiary/aromatic N) is 3. The zero-order valence-corrected chi connectivity index (χ0v) is 16.5. The normalized spacial score (nSPS) is 11.1. The van der Waals surface area contributed by atoms with Crippen molar-refractivity contribution in [2.24, 2.45) is 0 Å². The third-order valence-electron chi connectivity index (χ3n) is 4.63. The number of pyridine rings is 1. The van der Waals surface area contributed by atoms with Gasteiger partial charge in [-0.25, -0.2) is 4.98 Å². The summed E-state index contributed by atoms with van der Waals surface area (Å²) in [5.41, 5.74) is 4.15. The van der Waals surface area contributed by atoms with E-state index in [1.807, 2.05) is 73.4 Å². The Balaban J connectivity index is 1.82. The highest BCUT2D eigenvalue weighted by molar-refractivity contribution is 7.21. The van der Waals surface area contributed by atoms with Crippen LogP contribution in [0.1, 0.15) is 26.5 Å². The van der Waals surface area contributed by atoms with Gasteiger partial charge < -0.3 is 9.47 Å². The first-order valence-corrected chi connectivity index (χ1v) is 9.69. The lowest BCUT2D eigenvalue weighted by atomic mass is 10.1. The van der Waals surface area contributed by atoms with E-state index in [-0.39, 0.29) is 5.91 Å². The molecule has 3 aromatic heterocycles. The molecule has 0 unspecified atom stereocenters. The molecule has 0 aliphatic heterocycles. The molecular formula is C22H21N3OS. The van der Waals surface area contributed by atoms with Crippen LogP contribution in [0.3, 0.4) is 0 Å². The molecular weight excluding hydrogens is 354 g/mol. The van der Waals surface area contributed by atoms with Crippen LogP contribution in [-0.2, 0) is 6.54 Å². The third-order valence-corrected chi connectivity index (χ3v) is 5.69. The average molecular weight is 375 g/mol. The Morgan fingerprint density at radius 2 is 1.81 bits per heavy atom. The smallest absolute Gasteiger partial charge is 0.266 e. The van der Waals surface area contributed by atoms with Crippen molar-refractivity contribution in [3.63, 3.8) is 0 Å². The second kappa shape index (κ2) is 7.00. The Morgan fingerprint density at radius 1 is 1.11 bits per heavy atom. The van der Waals surface area contributed by atoms with Gasteiger partial charge in [0.1, 0.15) is 9.71 Å². The summed E-state index contributed by atoms with van der Waals surface area (Å²) in [5.74, 6) is 0.0163. The van der Waals surface area contributed by atoms with E-state index >= 15 is 0 Å². The molecule has 1 amide bonds. The van der Waals surface area contributed by atoms with E-state index in [9.17, 15) is 4.79 Å². The number of benzene rings is 1. The van der Waals surface area contributed by atoms with Crippen LogP contribution in [0, 0.1) is 13.8 Å². The van der Waals surface area contributed by atoms with Crippen molar-refractivity contribution in [3.8, 4) is 5.69 Å². The van der Waals surface area contributed by atoms with E-state index in [1.54, 1.807) is 4.90 Å². The van der Waals surface area contributed by atoms with E-state index < -0.39 is 0 Å². The molecule has 4 nitrogen and oxygen atoms in total. The first kappa shape index (κ1) is 17.5. The number of thiophene rings is 1. The number of amides is 1. The largest absolute Gasteiger partial charge is 0.337 e. The van der Waals surface area contributed by atoms with Gasteiger partial charge in [-0.2, -0.15) is 0 Å². The number of hydrogen-bond donors (Lipinski definition) is 0. The molecule has 3 heterocycles. The molecule has 0 aliphatic carbocycles. The number of aryl methyl sites for hydroxylation is 2. The van der Waals surface area contributed by atoms with Crippen LogP contribution in [-0.4, -0.2) is 27.4 Å². The first-order chi connectivity index (χ1) is 13.0. The van der Waals surface area contributed by atoms with Crippen molar-refractivity contribution in [1.29, 1.82) is 0 Å². The molecule has 4 aromatic rings. The molecule has 0 spiro atoms. The van der Waals surface area contributed by atoms with Crippen LogP contribution < -0.4 is 0 Å². The predicted molar refractivity (Wildman–Crippen MR) is 111 cm³/mol. The van der Waals surface area contributed by atoms with Crippen molar-refractivity contribution in [3.05, 3.63) is 82.6 Å². The average Bonchev–Trinajstić information content (AvgIpc) is 3.29. The van der Waals surface area contributed by atoms with Crippen LogP contribution in [0.4, 0.5) is 0 Å². The highest BCUT2D eigenvalue weighted by atomic mass is 32.1. The maximum atomic E-state index is 13.3. The van der Waals surface area contributed by atoms with Gasteiger partial charge in [0, 0.05) is 37.1 Å². The van der Waals surface area contributed by atoms with Crippen LogP contribution in [0.25, 0.3) is 15.9 Å². The Labute approximate surface area is 162 Å². The van der Waals surface area contributed by atoms with Gasteiger partial charge in [0.15, 0.2) is 0 Å². The van der Waals surface area contributed by atoms with Crippen molar-refractivity contribution in [2.45, 2.75) is 20.4 Å². The van der Waals surface area contributed by atoms with Gasteiger partial charge in [-0.05, 0) is 43.2 Å². The Morgan fingerprint density at radius 3 is 2.52 bits per heavy atom. The molecule has 5 heteroatoms. The van der Waals surface area contributed by atoms with Gasteiger partial charge >= 0.3 is 0 Å². The second-order valence-corrected chi connectivity index (χ2v) is 7.78. The van der Waals surface area contributed by atoms with Crippen LogP contribution in [0.2, 0.25) is 0 Å². The van der Waals surface area contributed by atoms with Crippen LogP contribution in [0.5, 0.6) is 0 Å². The summed E-state index contributed by atoms with van der Waals surface area (Å²) in [6, 6.07) is 16.1. The van der Waals surface area contributed by atoms with Gasteiger partial charge in [0.25, 0.3) is 5.91 Å². The molecule has 0 fully saturated rings. The molecule has 0 aliphatic rings. The topological polar surface area (TPSA) is 38.1 Å². The summed E-state index contributed by atoms with van der Waals surface area (Å²) in [5, 5.41) is 1.05. The van der Waals surface area contributed by atoms with E-state index in [2.05, 4.69) is 18.0 Å². The zero-order chi connectivity index (χ0) is 19.0. The van der Waals surface area contributed by atoms with Gasteiger partial charge in [0.2, 0.25) is 0 Å². The molecule has 136 valence electrons. The van der Waals surface area contributed by atoms with Gasteiger partial charge in [-0.15, -0.1) is 11.3 Å². The first-order valence-electron chi connectivity index (χ1n) is 8.88. The minimum Gasteiger partial charge on any atom is -0.337 e. The number of carbonyl (C=O) groups is 1. The summed E-state index contributed by atoms with van der Waals surface area (Å²) in [6.07, 6.45) is 3.96. The van der Waals surface area contributed by atoms with Gasteiger partial charge in [-0.1, -0.05) is 30.3 Å². The molecule has 1 aromatic carbocycles. The summed E-state index contributed by atoms with van der Waals surface area (Å²) < 4.78 is 2.02. The van der Waals surface area contributed by atoms with Crippen molar-refractivity contribution >= 4 is 27.5 Å². The summed E-state index contributed by atoms with van der Waals surface area (Å²) in [6.45, 7) is 4.65. The SMILES string of the molecule is Cc1cc(C)c2c(-n3cccc3)c(C(=O)N(C)Cc3ccccc3)sc2n1. The van der Waals surface area contributed by atoms with Crippen molar-refractivity contribution in [2.75, 3.05) is 7.05 Å². The number of rotatable bonds is 4. The van der Waals surface area contributed by atoms with E-state index in [0.29, 0.717) is 6.54 Å². The second-order valence-electron chi connectivity index (χ2n) is 6.78. The fourth-order valence-corrected chi connectivity index (χ4v) is 4.69. The van der Waals surface area contributed by atoms with Crippen LogP contribution in [0.15, 0.2) is 60.9 Å². The Kier molecular flexibility index (Phi) is 4.54. The maximum Gasteiger partial charge on any atom is 0.266 e. The summed E-state index contributed by atoms with van der Waals surface area (Å²) in [7, 11) is 1.85. The molecule has 0 saturated heterocycles. The molecule has 4 rings (SSSR count). The van der Waals surface area contributed by atoms with E-state index in [1.165, 1.54) is 11.3 Å². The van der Waals surface area contributed by atoms with E-state index in [0.717, 1.165) is 37.6 Å². The minimum atomic E-state index is 0.0163. The standard InChI is InChI=1S/C22H21N3OS/c1-15-13-16(2)23-21-18(15)19(25-11-7-8-12-25)20(27-21)22(26)24(3)14-17-9-5-4-6-10-17/h4-13H,14H2,1-3H3. The van der Waals surface area contributed by atoms with Crippen molar-refractivity contribution in [1.82, 2.24) is 14.5 Å². The number of fused-ring (bicyclic) bond motifs is 1. The number of aromatic nitrogens is 2. The fraction of sp³-hybridized carbons (Fsp3) is 0.182. The zero-order valence-electron chi connectivity index (χ0n) is 15.6. The number of carbonyl (C=O) groups excluding carboxylic acids is 1. The van der Waals surface area contributed by atoms with Crippen molar-refractivity contribution < 1.29 is 4.79 Å². The predicted octanol–water partition coefficient (Wildman–Crippen LogP) is 4.98. The molecule has 0 saturated carbocycles. The molecule has 0 bridgehead atoms. The number of hydrogen-bond acceptors (Lipinski definition) is 3. The maximum absolute atomic E-state index is 13.3. The Hall–Kier alpha value is -2.92. The Bertz CT molecular complexity index is 1100. The monoisotopic (exact) mass is 375 g/mol. The highest BCUT2D eigenvalue weighted by Gasteiger charge is 2.24. The molecule has 0 atom stereocenters. The van der Waals surface area contributed by atoms with E-state index in [4.69, 9.17) is 0 Å². The van der Waals surface area contributed by atoms with Gasteiger partial charge in [-0.3, -0.25) is 4.79 Å². The quantitative estimate of drug-likeness (QED) is 0.505. The molecule has 27 heavy (non-hydrogen) atoms. The molecule has 0 N–H and O–H groups in total. The lowest BCUT2D eigenvalue weighted by Gasteiger charge is -2.17. The van der Waals surface area contributed by atoms with Crippen LogP contribution >= 0.6 is 11.3 Å². The lowest BCUT2D eigenvalue weighted by Crippen LogP contribution is -2.26. The lowest BCUT2D eigenvalue weighted by molar-refractivity contribution is 0.0790.